The fourth-order valence-electron chi connectivity index (χ4n) is 1.71. The normalized spacial score (nSPS) is 10.4. The molecule has 1 heterocycles. The number of carbonyl (C=O) groups is 1. The van der Waals surface area contributed by atoms with Gasteiger partial charge in [-0.15, -0.1) is 0 Å². The quantitative estimate of drug-likeness (QED) is 0.727. The van der Waals surface area contributed by atoms with Gasteiger partial charge < -0.3 is 20.7 Å². The van der Waals surface area contributed by atoms with Crippen LogP contribution >= 0.6 is 0 Å². The van der Waals surface area contributed by atoms with E-state index in [2.05, 4.69) is 10.3 Å². The number of carboxylic acid groups (broad SMARTS) is 1. The topological polar surface area (TPSA) is 93.2 Å². The molecular weight excluding hydrogens is 251 g/mol. The van der Waals surface area contributed by atoms with Crippen molar-refractivity contribution in [3.8, 4) is 0 Å². The summed E-state index contributed by atoms with van der Waals surface area (Å²) in [5.41, 5.74) is 5.06. The van der Waals surface area contributed by atoms with Crippen LogP contribution in [-0.4, -0.2) is 20.6 Å². The van der Waals surface area contributed by atoms with E-state index in [1.807, 2.05) is 7.05 Å². The van der Waals surface area contributed by atoms with Crippen LogP contribution in [0.25, 0.3) is 0 Å². The van der Waals surface area contributed by atoms with Gasteiger partial charge in [0.25, 0.3) is 0 Å². The third-order valence-corrected chi connectivity index (χ3v) is 2.76. The molecule has 0 unspecified atom stereocenters. The summed E-state index contributed by atoms with van der Waals surface area (Å²) >= 11 is 0. The number of hydrogen-bond acceptors (Lipinski definition) is 4. The summed E-state index contributed by atoms with van der Waals surface area (Å²) in [5, 5.41) is 12.0. The van der Waals surface area contributed by atoms with Crippen LogP contribution in [0.15, 0.2) is 24.5 Å². The van der Waals surface area contributed by atoms with Crippen molar-refractivity contribution in [2.75, 3.05) is 11.1 Å². The van der Waals surface area contributed by atoms with E-state index in [4.69, 9.17) is 10.8 Å². The number of anilines is 2. The smallest absolute Gasteiger partial charge is 0.340 e. The van der Waals surface area contributed by atoms with Crippen LogP contribution in [0.5, 0.6) is 0 Å². The van der Waals surface area contributed by atoms with Gasteiger partial charge in [0.05, 0.1) is 17.9 Å². The van der Waals surface area contributed by atoms with E-state index in [-0.39, 0.29) is 16.9 Å². The first-order chi connectivity index (χ1) is 9.00. The van der Waals surface area contributed by atoms with Gasteiger partial charge in [-0.3, -0.25) is 0 Å². The molecule has 19 heavy (non-hydrogen) atoms. The van der Waals surface area contributed by atoms with Crippen molar-refractivity contribution in [1.82, 2.24) is 9.55 Å². The predicted octanol–water partition coefficient (Wildman–Crippen LogP) is 1.45. The van der Waals surface area contributed by atoms with Crippen LogP contribution in [0.2, 0.25) is 0 Å². The van der Waals surface area contributed by atoms with Gasteiger partial charge in [-0.1, -0.05) is 0 Å². The average molecular weight is 264 g/mol. The van der Waals surface area contributed by atoms with E-state index in [0.717, 1.165) is 11.9 Å². The van der Waals surface area contributed by atoms with E-state index >= 15 is 0 Å². The van der Waals surface area contributed by atoms with Crippen LogP contribution in [0.4, 0.5) is 15.8 Å². The lowest BCUT2D eigenvalue weighted by atomic mass is 10.1. The van der Waals surface area contributed by atoms with Crippen molar-refractivity contribution < 1.29 is 14.3 Å². The molecule has 2 rings (SSSR count). The zero-order valence-electron chi connectivity index (χ0n) is 10.2. The summed E-state index contributed by atoms with van der Waals surface area (Å²) < 4.78 is 15.1. The Balaban J connectivity index is 2.28. The summed E-state index contributed by atoms with van der Waals surface area (Å²) in [4.78, 5) is 15.2. The molecule has 0 bridgehead atoms. The molecular formula is C12H13FN4O2. The number of halogens is 1. The zero-order chi connectivity index (χ0) is 14.0. The highest BCUT2D eigenvalue weighted by molar-refractivity contribution is 6.00. The van der Waals surface area contributed by atoms with Crippen LogP contribution in [-0.2, 0) is 13.6 Å². The molecule has 1 aromatic carbocycles. The van der Waals surface area contributed by atoms with Crippen LogP contribution in [0.1, 0.15) is 16.2 Å². The summed E-state index contributed by atoms with van der Waals surface area (Å²) in [7, 11) is 1.82. The lowest BCUT2D eigenvalue weighted by Gasteiger charge is -2.11. The van der Waals surface area contributed by atoms with E-state index in [9.17, 15) is 9.18 Å². The molecule has 0 saturated heterocycles. The van der Waals surface area contributed by atoms with Gasteiger partial charge in [0.1, 0.15) is 17.2 Å². The number of imidazole rings is 1. The van der Waals surface area contributed by atoms with Gasteiger partial charge in [-0.2, -0.15) is 0 Å². The highest BCUT2D eigenvalue weighted by atomic mass is 19.1. The second kappa shape index (κ2) is 4.97. The molecule has 0 saturated carbocycles. The SMILES string of the molecule is Cn1ccnc1CNc1ccc(F)c(N)c1C(=O)O. The first-order valence-electron chi connectivity index (χ1n) is 5.52. The molecule has 0 amide bonds. The molecule has 0 fully saturated rings. The van der Waals surface area contributed by atoms with Crippen LogP contribution < -0.4 is 11.1 Å². The molecule has 7 heteroatoms. The number of carboxylic acids is 1. The predicted molar refractivity (Wildman–Crippen MR) is 68.3 cm³/mol. The van der Waals surface area contributed by atoms with Crippen molar-refractivity contribution in [1.29, 1.82) is 0 Å². The highest BCUT2D eigenvalue weighted by Gasteiger charge is 2.17. The lowest BCUT2D eigenvalue weighted by Crippen LogP contribution is -2.12. The number of aryl methyl sites for hydroxylation is 1. The van der Waals surface area contributed by atoms with Gasteiger partial charge in [-0.05, 0) is 12.1 Å². The Bertz CT molecular complexity index is 624. The fraction of sp³-hybridized carbons (Fsp3) is 0.167. The minimum absolute atomic E-state index is 0.259. The molecule has 0 radical (unpaired) electrons. The van der Waals surface area contributed by atoms with Crippen LogP contribution in [0, 0.1) is 5.82 Å². The van der Waals surface area contributed by atoms with Gasteiger partial charge in [0, 0.05) is 19.4 Å². The number of hydrogen-bond donors (Lipinski definition) is 3. The standard InChI is InChI=1S/C12H13FN4O2/c1-17-5-4-15-9(17)6-16-8-3-2-7(13)11(14)10(8)12(18)19/h2-5,16H,6,14H2,1H3,(H,18,19). The Morgan fingerprint density at radius 2 is 2.32 bits per heavy atom. The van der Waals surface area contributed by atoms with Crippen molar-refractivity contribution in [2.24, 2.45) is 7.05 Å². The number of aromatic carboxylic acids is 1. The minimum atomic E-state index is -1.28. The monoisotopic (exact) mass is 264 g/mol. The fourth-order valence-corrected chi connectivity index (χ4v) is 1.71. The molecule has 0 aliphatic rings. The number of rotatable bonds is 4. The molecule has 6 nitrogen and oxygen atoms in total. The number of aromatic nitrogens is 2. The summed E-state index contributed by atoms with van der Waals surface area (Å²) in [6, 6.07) is 2.47. The van der Waals surface area contributed by atoms with E-state index in [1.165, 1.54) is 6.07 Å². The van der Waals surface area contributed by atoms with E-state index in [1.54, 1.807) is 17.0 Å². The maximum atomic E-state index is 13.3. The number of benzene rings is 1. The molecule has 1 aromatic heterocycles. The third-order valence-electron chi connectivity index (χ3n) is 2.76. The maximum absolute atomic E-state index is 13.3. The Morgan fingerprint density at radius 3 is 2.89 bits per heavy atom. The van der Waals surface area contributed by atoms with Crippen LogP contribution in [0.3, 0.4) is 0 Å². The summed E-state index contributed by atoms with van der Waals surface area (Å²) in [6.45, 7) is 0.314. The van der Waals surface area contributed by atoms with Gasteiger partial charge in [0.2, 0.25) is 0 Å². The lowest BCUT2D eigenvalue weighted by molar-refractivity contribution is 0.0698. The molecule has 100 valence electrons. The number of nitrogen functional groups attached to an aromatic ring is 1. The number of nitrogens with two attached hydrogens (primary N) is 1. The summed E-state index contributed by atoms with van der Waals surface area (Å²) in [6.07, 6.45) is 3.41. The van der Waals surface area contributed by atoms with Crippen molar-refractivity contribution in [3.63, 3.8) is 0 Å². The summed E-state index contributed by atoms with van der Waals surface area (Å²) in [5.74, 6) is -1.31. The van der Waals surface area contributed by atoms with Crippen molar-refractivity contribution in [3.05, 3.63) is 41.7 Å². The zero-order valence-corrected chi connectivity index (χ0v) is 10.2. The van der Waals surface area contributed by atoms with Gasteiger partial charge >= 0.3 is 5.97 Å². The Hall–Kier alpha value is -2.57. The van der Waals surface area contributed by atoms with Gasteiger partial charge in [0.15, 0.2) is 0 Å². The Morgan fingerprint density at radius 1 is 1.58 bits per heavy atom. The minimum Gasteiger partial charge on any atom is -0.478 e. The Labute approximate surface area is 108 Å². The second-order valence-corrected chi connectivity index (χ2v) is 4.00. The molecule has 0 aliphatic carbocycles. The molecule has 0 aliphatic heterocycles. The number of nitrogens with one attached hydrogen (secondary N) is 1. The largest absolute Gasteiger partial charge is 0.478 e. The molecule has 4 N–H and O–H groups in total. The molecule has 2 aromatic rings. The van der Waals surface area contributed by atoms with Crippen molar-refractivity contribution in [2.45, 2.75) is 6.54 Å². The second-order valence-electron chi connectivity index (χ2n) is 4.00. The van der Waals surface area contributed by atoms with E-state index in [0.29, 0.717) is 6.54 Å². The van der Waals surface area contributed by atoms with Crippen molar-refractivity contribution >= 4 is 17.3 Å². The average Bonchev–Trinajstić information content (AvgIpc) is 2.76. The molecule has 0 atom stereocenters. The third kappa shape index (κ3) is 2.49. The highest BCUT2D eigenvalue weighted by Crippen LogP contribution is 2.25. The Kier molecular flexibility index (Phi) is 3.37. The first kappa shape index (κ1) is 12.9. The number of nitrogens with zero attached hydrogens (tertiary/aromatic N) is 2. The van der Waals surface area contributed by atoms with E-state index < -0.39 is 11.8 Å². The first-order valence-corrected chi connectivity index (χ1v) is 5.52. The maximum Gasteiger partial charge on any atom is 0.340 e. The van der Waals surface area contributed by atoms with Gasteiger partial charge in [-0.25, -0.2) is 14.2 Å². The molecule has 0 spiro atoms.